The van der Waals surface area contributed by atoms with Gasteiger partial charge < -0.3 is 17.0 Å². The first kappa shape index (κ1) is 12.6. The van der Waals surface area contributed by atoms with Crippen molar-refractivity contribution in [2.24, 2.45) is 0 Å². The number of likely N-dealkylation sites (N-methyl/N-ethyl adjacent to an activating group) is 1. The zero-order valence-electron chi connectivity index (χ0n) is 7.89. The predicted octanol–water partition coefficient (Wildman–Crippen LogP) is 0.914. The minimum atomic E-state index is -0.134. The summed E-state index contributed by atoms with van der Waals surface area (Å²) in [7, 11) is 6.25. The van der Waals surface area contributed by atoms with Gasteiger partial charge in [-0.3, -0.25) is 0 Å². The van der Waals surface area contributed by atoms with E-state index in [0.29, 0.717) is 0 Å². The molecular formula is C8H21NO. The van der Waals surface area contributed by atoms with Crippen LogP contribution in [0, 0.1) is 7.43 Å². The number of hydrogen-bond acceptors (Lipinski definition) is 1. The van der Waals surface area contributed by atoms with Crippen LogP contribution in [-0.4, -0.2) is 43.4 Å². The zero-order chi connectivity index (χ0) is 7.49. The van der Waals surface area contributed by atoms with Crippen molar-refractivity contribution < 1.29 is 9.59 Å². The summed E-state index contributed by atoms with van der Waals surface area (Å²) in [5.74, 6) is 0. The molecule has 0 aromatic rings. The van der Waals surface area contributed by atoms with Crippen molar-refractivity contribution in [3.63, 3.8) is 0 Å². The zero-order valence-corrected chi connectivity index (χ0v) is 7.89. The third kappa shape index (κ3) is 7.92. The monoisotopic (exact) mass is 147 g/mol. The lowest BCUT2D eigenvalue weighted by Gasteiger charge is -2.26. The summed E-state index contributed by atoms with van der Waals surface area (Å²) < 4.78 is 0.842. The average molecular weight is 147 g/mol. The molecule has 0 rings (SSSR count). The summed E-state index contributed by atoms with van der Waals surface area (Å²) in [6.07, 6.45) is 0.722. The first-order chi connectivity index (χ1) is 3.95. The number of aliphatic hydroxyl groups excluding tert-OH is 1. The molecule has 0 aromatic heterocycles. The van der Waals surface area contributed by atoms with Crippen molar-refractivity contribution in [2.75, 3.05) is 27.7 Å². The molecule has 0 aliphatic heterocycles. The van der Waals surface area contributed by atoms with Gasteiger partial charge in [0.2, 0.25) is 0 Å². The number of hydrogen-bond donors (Lipinski definition) is 1. The molecule has 0 saturated heterocycles. The largest absolute Gasteiger partial charge is 0.387 e. The fourth-order valence-corrected chi connectivity index (χ4v) is 0.761. The molecule has 0 aromatic carbocycles. The van der Waals surface area contributed by atoms with Crippen molar-refractivity contribution in [1.29, 1.82) is 0 Å². The van der Waals surface area contributed by atoms with Crippen LogP contribution in [0.15, 0.2) is 0 Å². The molecule has 0 aliphatic rings. The highest BCUT2D eigenvalue weighted by Crippen LogP contribution is 1.97. The molecule has 2 heteroatoms. The van der Waals surface area contributed by atoms with Crippen molar-refractivity contribution >= 4 is 0 Å². The molecule has 0 heterocycles. The van der Waals surface area contributed by atoms with Gasteiger partial charge in [0, 0.05) is 0 Å². The van der Waals surface area contributed by atoms with E-state index in [1.54, 1.807) is 0 Å². The molecule has 1 atom stereocenters. The Morgan fingerprint density at radius 3 is 1.80 bits per heavy atom. The second-order valence-electron chi connectivity index (χ2n) is 3.53. The van der Waals surface area contributed by atoms with E-state index < -0.39 is 0 Å². The summed E-state index contributed by atoms with van der Waals surface area (Å²) >= 11 is 0. The Kier molecular flexibility index (Phi) is 5.90. The van der Waals surface area contributed by atoms with E-state index in [1.165, 1.54) is 0 Å². The SMILES string of the molecule is CCC(O)C[N+](C)(C)C.[CH3-]. The topological polar surface area (TPSA) is 20.2 Å². The second-order valence-corrected chi connectivity index (χ2v) is 3.53. The minimum Gasteiger partial charge on any atom is -0.387 e. The van der Waals surface area contributed by atoms with E-state index in [9.17, 15) is 5.11 Å². The van der Waals surface area contributed by atoms with Crippen LogP contribution in [0.5, 0.6) is 0 Å². The Morgan fingerprint density at radius 1 is 1.30 bits per heavy atom. The summed E-state index contributed by atoms with van der Waals surface area (Å²) in [5, 5.41) is 9.18. The fraction of sp³-hybridized carbons (Fsp3) is 0.875. The van der Waals surface area contributed by atoms with Gasteiger partial charge in [-0.25, -0.2) is 0 Å². The molecule has 10 heavy (non-hydrogen) atoms. The number of rotatable bonds is 3. The quantitative estimate of drug-likeness (QED) is 0.465. The van der Waals surface area contributed by atoms with E-state index in [4.69, 9.17) is 0 Å². The Morgan fingerprint density at radius 2 is 1.70 bits per heavy atom. The molecule has 1 N–H and O–H groups in total. The lowest BCUT2D eigenvalue weighted by atomic mass is 10.2. The Hall–Kier alpha value is -0.0800. The highest BCUT2D eigenvalue weighted by Gasteiger charge is 2.12. The van der Waals surface area contributed by atoms with Gasteiger partial charge in [0.25, 0.3) is 0 Å². The molecule has 0 fully saturated rings. The van der Waals surface area contributed by atoms with Gasteiger partial charge in [0.1, 0.15) is 12.6 Å². The van der Waals surface area contributed by atoms with Gasteiger partial charge >= 0.3 is 0 Å². The smallest absolute Gasteiger partial charge is 0.104 e. The van der Waals surface area contributed by atoms with Gasteiger partial charge in [0.15, 0.2) is 0 Å². The highest BCUT2D eigenvalue weighted by atomic mass is 16.3. The molecule has 0 radical (unpaired) electrons. The van der Waals surface area contributed by atoms with Crippen LogP contribution in [-0.2, 0) is 0 Å². The third-order valence-electron chi connectivity index (χ3n) is 1.23. The normalized spacial score (nSPS) is 14.1. The van der Waals surface area contributed by atoms with Crippen LogP contribution in [0.2, 0.25) is 0 Å². The van der Waals surface area contributed by atoms with Crippen molar-refractivity contribution in [3.8, 4) is 0 Å². The lowest BCUT2D eigenvalue weighted by Crippen LogP contribution is -2.41. The van der Waals surface area contributed by atoms with Crippen molar-refractivity contribution in [3.05, 3.63) is 7.43 Å². The maximum atomic E-state index is 9.18. The molecule has 0 spiro atoms. The van der Waals surface area contributed by atoms with E-state index in [0.717, 1.165) is 17.4 Å². The fourth-order valence-electron chi connectivity index (χ4n) is 0.761. The Balaban J connectivity index is 0. The molecule has 0 bridgehead atoms. The Bertz CT molecular complexity index is 75.8. The number of quaternary nitrogens is 1. The van der Waals surface area contributed by atoms with Crippen LogP contribution in [0.1, 0.15) is 13.3 Å². The predicted molar refractivity (Wildman–Crippen MR) is 45.6 cm³/mol. The molecular weight excluding hydrogens is 126 g/mol. The number of aliphatic hydroxyl groups is 1. The van der Waals surface area contributed by atoms with Gasteiger partial charge in [0.05, 0.1) is 21.1 Å². The first-order valence-electron chi connectivity index (χ1n) is 3.44. The van der Waals surface area contributed by atoms with Crippen LogP contribution in [0.3, 0.4) is 0 Å². The van der Waals surface area contributed by atoms with Crippen LogP contribution < -0.4 is 0 Å². The standard InChI is InChI=1S/C7H18NO.CH3/c1-5-7(9)6-8(2,3)4;/h7,9H,5-6H2,1-4H3;1H3/q+1;-1. The van der Waals surface area contributed by atoms with E-state index in [-0.39, 0.29) is 13.5 Å². The second kappa shape index (κ2) is 4.69. The van der Waals surface area contributed by atoms with Gasteiger partial charge in [-0.05, 0) is 6.42 Å². The van der Waals surface area contributed by atoms with Crippen molar-refractivity contribution in [1.82, 2.24) is 0 Å². The molecule has 0 amide bonds. The molecule has 0 aliphatic carbocycles. The maximum absolute atomic E-state index is 9.18. The molecule has 0 saturated carbocycles. The van der Waals surface area contributed by atoms with Crippen LogP contribution in [0.4, 0.5) is 0 Å². The van der Waals surface area contributed by atoms with Gasteiger partial charge in [-0.15, -0.1) is 0 Å². The summed E-state index contributed by atoms with van der Waals surface area (Å²) in [4.78, 5) is 0. The van der Waals surface area contributed by atoms with Crippen LogP contribution >= 0.6 is 0 Å². The average Bonchev–Trinajstić information content (AvgIpc) is 1.62. The first-order valence-corrected chi connectivity index (χ1v) is 3.44. The maximum Gasteiger partial charge on any atom is 0.104 e. The summed E-state index contributed by atoms with van der Waals surface area (Å²) in [5.41, 5.74) is 0. The highest BCUT2D eigenvalue weighted by molar-refractivity contribution is 4.47. The molecule has 2 nitrogen and oxygen atoms in total. The van der Waals surface area contributed by atoms with Gasteiger partial charge in [-0.1, -0.05) is 6.92 Å². The summed E-state index contributed by atoms with van der Waals surface area (Å²) in [6, 6.07) is 0. The van der Waals surface area contributed by atoms with E-state index >= 15 is 0 Å². The minimum absolute atomic E-state index is 0. The molecule has 1 unspecified atom stereocenters. The van der Waals surface area contributed by atoms with Gasteiger partial charge in [-0.2, -0.15) is 0 Å². The van der Waals surface area contributed by atoms with Crippen molar-refractivity contribution in [2.45, 2.75) is 19.4 Å². The Labute approximate surface area is 65.1 Å². The third-order valence-corrected chi connectivity index (χ3v) is 1.23. The lowest BCUT2D eigenvalue weighted by molar-refractivity contribution is -0.873. The molecule has 64 valence electrons. The number of nitrogens with zero attached hydrogens (tertiary/aromatic N) is 1. The summed E-state index contributed by atoms with van der Waals surface area (Å²) in [6.45, 7) is 2.84. The van der Waals surface area contributed by atoms with Crippen LogP contribution in [0.25, 0.3) is 0 Å². The van der Waals surface area contributed by atoms with E-state index in [1.807, 2.05) is 6.92 Å². The van der Waals surface area contributed by atoms with E-state index in [2.05, 4.69) is 21.1 Å².